The Morgan fingerprint density at radius 3 is 2.71 bits per heavy atom. The topological polar surface area (TPSA) is 86.6 Å². The summed E-state index contributed by atoms with van der Waals surface area (Å²) in [6, 6.07) is 3.16. The van der Waals surface area contributed by atoms with Gasteiger partial charge in [0, 0.05) is 38.4 Å². The molecule has 7 nitrogen and oxygen atoms in total. The molecule has 1 amide bonds. The lowest BCUT2D eigenvalue weighted by molar-refractivity contribution is 0.0787. The average molecular weight is 351 g/mol. The molecule has 1 fully saturated rings. The molecule has 2 aromatic rings. The van der Waals surface area contributed by atoms with E-state index in [4.69, 9.17) is 4.42 Å². The van der Waals surface area contributed by atoms with E-state index in [-0.39, 0.29) is 17.3 Å². The number of nitrogens with zero attached hydrogens (tertiary/aromatic N) is 2. The number of aromatic nitrogens is 1. The van der Waals surface area contributed by atoms with Crippen molar-refractivity contribution in [1.29, 1.82) is 0 Å². The van der Waals surface area contributed by atoms with Gasteiger partial charge in [-0.25, -0.2) is 8.42 Å². The van der Waals surface area contributed by atoms with Gasteiger partial charge in [-0.2, -0.15) is 4.31 Å². The van der Waals surface area contributed by atoms with Crippen molar-refractivity contribution in [3.63, 3.8) is 0 Å². The number of likely N-dealkylation sites (tertiary alicyclic amines) is 1. The van der Waals surface area contributed by atoms with Gasteiger partial charge in [-0.15, -0.1) is 0 Å². The van der Waals surface area contributed by atoms with Crippen molar-refractivity contribution < 1.29 is 17.6 Å². The number of amides is 1. The molecule has 130 valence electrons. The third kappa shape index (κ3) is 3.11. The lowest BCUT2D eigenvalue weighted by Crippen LogP contribution is -2.28. The number of hydrogen-bond acceptors (Lipinski definition) is 4. The fourth-order valence-electron chi connectivity index (χ4n) is 2.82. The minimum absolute atomic E-state index is 0.0914. The summed E-state index contributed by atoms with van der Waals surface area (Å²) in [5, 5.41) is 0. The van der Waals surface area contributed by atoms with E-state index in [1.807, 2.05) is 0 Å². The molecule has 0 unspecified atom stereocenters. The second kappa shape index (κ2) is 6.45. The molecule has 3 rings (SSSR count). The highest BCUT2D eigenvalue weighted by Crippen LogP contribution is 2.21. The van der Waals surface area contributed by atoms with Gasteiger partial charge >= 0.3 is 0 Å². The zero-order chi connectivity index (χ0) is 17.3. The third-order valence-corrected chi connectivity index (χ3v) is 6.13. The van der Waals surface area contributed by atoms with Gasteiger partial charge in [0.15, 0.2) is 0 Å². The Bertz CT molecular complexity index is 831. The van der Waals surface area contributed by atoms with E-state index in [1.165, 1.54) is 29.9 Å². The predicted molar refractivity (Wildman–Crippen MR) is 88.0 cm³/mol. The summed E-state index contributed by atoms with van der Waals surface area (Å²) in [7, 11) is -2.17. The van der Waals surface area contributed by atoms with Crippen LogP contribution in [0.5, 0.6) is 0 Å². The van der Waals surface area contributed by atoms with Gasteiger partial charge in [0.05, 0.1) is 6.26 Å². The number of nitrogens with one attached hydrogen (secondary N) is 1. The number of aryl methyl sites for hydroxylation is 1. The van der Waals surface area contributed by atoms with E-state index in [9.17, 15) is 13.2 Å². The molecule has 24 heavy (non-hydrogen) atoms. The Labute approximate surface area is 141 Å². The number of hydrogen-bond donors (Lipinski definition) is 1. The van der Waals surface area contributed by atoms with Crippen LogP contribution in [-0.2, 0) is 16.6 Å². The van der Waals surface area contributed by atoms with Crippen LogP contribution in [0.1, 0.15) is 34.7 Å². The molecule has 1 N–H and O–H groups in total. The van der Waals surface area contributed by atoms with Gasteiger partial charge in [-0.1, -0.05) is 0 Å². The molecule has 0 saturated carbocycles. The largest absolute Gasteiger partial charge is 0.469 e. The van der Waals surface area contributed by atoms with E-state index >= 15 is 0 Å². The predicted octanol–water partition coefficient (Wildman–Crippen LogP) is 1.97. The minimum Gasteiger partial charge on any atom is -0.469 e. The average Bonchev–Trinajstić information content (AvgIpc) is 3.29. The molecular weight excluding hydrogens is 330 g/mol. The first-order chi connectivity index (χ1) is 11.4. The quantitative estimate of drug-likeness (QED) is 0.892. The normalized spacial score (nSPS) is 15.4. The maximum absolute atomic E-state index is 12.7. The number of aromatic amines is 1. The maximum atomic E-state index is 12.7. The van der Waals surface area contributed by atoms with Crippen LogP contribution in [0.2, 0.25) is 0 Å². The van der Waals surface area contributed by atoms with Gasteiger partial charge in [0.1, 0.15) is 16.3 Å². The van der Waals surface area contributed by atoms with Gasteiger partial charge in [-0.05, 0) is 31.9 Å². The summed E-state index contributed by atoms with van der Waals surface area (Å²) in [5.74, 6) is 0.540. The molecule has 0 spiro atoms. The number of furan rings is 1. The molecule has 0 aromatic carbocycles. The number of carbonyl (C=O) groups excluding carboxylic acids is 1. The number of sulfonamides is 1. The van der Waals surface area contributed by atoms with Crippen LogP contribution in [0.4, 0.5) is 0 Å². The standard InChI is InChI=1S/C16H21N3O4S/c1-12-13(5-8-23-12)11-18(2)24(21,22)14-9-15(17-10-14)16(20)19-6-3-4-7-19/h5,8-10,17H,3-4,6-7,11H2,1-2H3. The Morgan fingerprint density at radius 1 is 1.38 bits per heavy atom. The van der Waals surface area contributed by atoms with E-state index in [0.717, 1.165) is 31.5 Å². The van der Waals surface area contributed by atoms with Gasteiger partial charge in [-0.3, -0.25) is 4.79 Å². The lowest BCUT2D eigenvalue weighted by Gasteiger charge is -2.16. The zero-order valence-electron chi connectivity index (χ0n) is 13.8. The maximum Gasteiger partial charge on any atom is 0.270 e. The molecule has 1 aliphatic rings. The SMILES string of the molecule is Cc1occc1CN(C)S(=O)(=O)c1c[nH]c(C(=O)N2CCCC2)c1. The first-order valence-corrected chi connectivity index (χ1v) is 9.30. The molecule has 1 aliphatic heterocycles. The van der Waals surface area contributed by atoms with Crippen LogP contribution in [0.25, 0.3) is 0 Å². The van der Waals surface area contributed by atoms with E-state index in [1.54, 1.807) is 17.9 Å². The van der Waals surface area contributed by atoms with Crippen molar-refractivity contribution in [2.45, 2.75) is 31.2 Å². The molecule has 0 radical (unpaired) electrons. The molecule has 2 aromatic heterocycles. The second-order valence-electron chi connectivity index (χ2n) is 6.01. The summed E-state index contributed by atoms with van der Waals surface area (Å²) in [6.45, 7) is 3.45. The molecule has 0 atom stereocenters. The van der Waals surface area contributed by atoms with E-state index < -0.39 is 10.0 Å². The molecule has 8 heteroatoms. The fraction of sp³-hybridized carbons (Fsp3) is 0.438. The van der Waals surface area contributed by atoms with Gasteiger partial charge in [0.25, 0.3) is 5.91 Å². The van der Waals surface area contributed by atoms with Crippen LogP contribution in [-0.4, -0.2) is 48.7 Å². The molecule has 0 bridgehead atoms. The molecule has 1 saturated heterocycles. The molecule has 3 heterocycles. The highest BCUT2D eigenvalue weighted by atomic mass is 32.2. The highest BCUT2D eigenvalue weighted by molar-refractivity contribution is 7.89. The highest BCUT2D eigenvalue weighted by Gasteiger charge is 2.26. The number of carbonyl (C=O) groups is 1. The number of rotatable bonds is 5. The van der Waals surface area contributed by atoms with Gasteiger partial charge < -0.3 is 14.3 Å². The Kier molecular flexibility index (Phi) is 4.51. The van der Waals surface area contributed by atoms with Crippen LogP contribution in [0.15, 0.2) is 33.9 Å². The fourth-order valence-corrected chi connectivity index (χ4v) is 3.96. The lowest BCUT2D eigenvalue weighted by atomic mass is 10.3. The smallest absolute Gasteiger partial charge is 0.270 e. The van der Waals surface area contributed by atoms with E-state index in [2.05, 4.69) is 4.98 Å². The monoisotopic (exact) mass is 351 g/mol. The van der Waals surface area contributed by atoms with Crippen LogP contribution >= 0.6 is 0 Å². The van der Waals surface area contributed by atoms with Crippen molar-refractivity contribution in [1.82, 2.24) is 14.2 Å². The van der Waals surface area contributed by atoms with Crippen molar-refractivity contribution >= 4 is 15.9 Å². The first kappa shape index (κ1) is 16.8. The van der Waals surface area contributed by atoms with Crippen LogP contribution in [0.3, 0.4) is 0 Å². The summed E-state index contributed by atoms with van der Waals surface area (Å²) in [4.78, 5) is 17.0. The summed E-state index contributed by atoms with van der Waals surface area (Å²) < 4.78 is 31.8. The van der Waals surface area contributed by atoms with Crippen molar-refractivity contribution in [3.05, 3.63) is 41.6 Å². The molecule has 0 aliphatic carbocycles. The summed E-state index contributed by atoms with van der Waals surface area (Å²) in [6.07, 6.45) is 4.89. The van der Waals surface area contributed by atoms with Crippen LogP contribution < -0.4 is 0 Å². The summed E-state index contributed by atoms with van der Waals surface area (Å²) in [5.41, 5.74) is 1.12. The van der Waals surface area contributed by atoms with Gasteiger partial charge in [0.2, 0.25) is 10.0 Å². The van der Waals surface area contributed by atoms with Crippen molar-refractivity contribution in [2.24, 2.45) is 0 Å². The Morgan fingerprint density at radius 2 is 2.08 bits per heavy atom. The third-order valence-electron chi connectivity index (χ3n) is 4.35. The summed E-state index contributed by atoms with van der Waals surface area (Å²) >= 11 is 0. The minimum atomic E-state index is -3.68. The van der Waals surface area contributed by atoms with E-state index in [0.29, 0.717) is 11.5 Å². The Balaban J connectivity index is 1.77. The zero-order valence-corrected chi connectivity index (χ0v) is 14.6. The van der Waals surface area contributed by atoms with Crippen LogP contribution in [0, 0.1) is 6.92 Å². The van der Waals surface area contributed by atoms with Crippen molar-refractivity contribution in [3.8, 4) is 0 Å². The molecular formula is C16H21N3O4S. The Hall–Kier alpha value is -2.06. The number of H-pyrrole nitrogens is 1. The van der Waals surface area contributed by atoms with Crippen molar-refractivity contribution in [2.75, 3.05) is 20.1 Å². The first-order valence-electron chi connectivity index (χ1n) is 7.86. The second-order valence-corrected chi connectivity index (χ2v) is 8.06.